The van der Waals surface area contributed by atoms with E-state index in [2.05, 4.69) is 0 Å². The minimum atomic E-state index is -0.941. The summed E-state index contributed by atoms with van der Waals surface area (Å²) >= 11 is 0. The minimum absolute atomic E-state index is 0.000283. The summed E-state index contributed by atoms with van der Waals surface area (Å²) in [7, 11) is 3.26. The molecule has 7 heteroatoms. The van der Waals surface area contributed by atoms with Crippen molar-refractivity contribution in [1.29, 1.82) is 0 Å². The molecular formula is C13H25N3O4. The highest BCUT2D eigenvalue weighted by atomic mass is 16.4. The molecule has 1 unspecified atom stereocenters. The fourth-order valence-corrected chi connectivity index (χ4v) is 1.57. The van der Waals surface area contributed by atoms with Crippen molar-refractivity contribution in [3.8, 4) is 0 Å². The summed E-state index contributed by atoms with van der Waals surface area (Å²) in [6, 6.07) is -0.307. The molecule has 20 heavy (non-hydrogen) atoms. The van der Waals surface area contributed by atoms with Crippen LogP contribution in [0.4, 0.5) is 4.79 Å². The van der Waals surface area contributed by atoms with Crippen LogP contribution in [0.15, 0.2) is 0 Å². The van der Waals surface area contributed by atoms with E-state index < -0.39 is 11.9 Å². The first-order valence-corrected chi connectivity index (χ1v) is 6.71. The molecule has 0 aliphatic heterocycles. The Labute approximate surface area is 120 Å². The number of hydrogen-bond acceptors (Lipinski definition) is 3. The topological polar surface area (TPSA) is 81.2 Å². The molecule has 3 amide bonds. The Morgan fingerprint density at radius 3 is 1.90 bits per heavy atom. The average Bonchev–Trinajstić information content (AvgIpc) is 2.40. The van der Waals surface area contributed by atoms with Gasteiger partial charge in [0.05, 0.1) is 5.92 Å². The number of carbonyl (C=O) groups excluding carboxylic acids is 2. The maximum absolute atomic E-state index is 12.3. The lowest BCUT2D eigenvalue weighted by Gasteiger charge is -2.30. The van der Waals surface area contributed by atoms with Crippen molar-refractivity contribution in [2.24, 2.45) is 5.92 Å². The van der Waals surface area contributed by atoms with Gasteiger partial charge in [-0.1, -0.05) is 6.92 Å². The normalized spacial score (nSPS) is 11.7. The fourth-order valence-electron chi connectivity index (χ4n) is 1.57. The van der Waals surface area contributed by atoms with E-state index >= 15 is 0 Å². The van der Waals surface area contributed by atoms with E-state index in [0.29, 0.717) is 13.1 Å². The van der Waals surface area contributed by atoms with E-state index in [4.69, 9.17) is 5.11 Å². The maximum Gasteiger partial charge on any atom is 0.320 e. The molecule has 0 radical (unpaired) electrons. The first-order valence-electron chi connectivity index (χ1n) is 6.71. The average molecular weight is 287 g/mol. The number of aliphatic carboxylic acids is 1. The van der Waals surface area contributed by atoms with Crippen molar-refractivity contribution in [3.05, 3.63) is 0 Å². The molecule has 0 aromatic carbocycles. The predicted molar refractivity (Wildman–Crippen MR) is 75.4 cm³/mol. The zero-order valence-electron chi connectivity index (χ0n) is 12.9. The highest BCUT2D eigenvalue weighted by Gasteiger charge is 2.24. The Kier molecular flexibility index (Phi) is 7.64. The summed E-state index contributed by atoms with van der Waals surface area (Å²) in [5.74, 6) is -1.74. The van der Waals surface area contributed by atoms with Crippen LogP contribution in [0, 0.1) is 5.92 Å². The van der Waals surface area contributed by atoms with Gasteiger partial charge in [-0.05, 0) is 13.8 Å². The van der Waals surface area contributed by atoms with E-state index in [1.807, 2.05) is 0 Å². The minimum Gasteiger partial charge on any atom is -0.481 e. The summed E-state index contributed by atoms with van der Waals surface area (Å²) in [5.41, 5.74) is 0. The predicted octanol–water partition coefficient (Wildman–Crippen LogP) is 0.559. The molecule has 0 aliphatic carbocycles. The number of amides is 3. The Balaban J connectivity index is 4.77. The highest BCUT2D eigenvalue weighted by molar-refractivity contribution is 5.84. The third-order valence-electron chi connectivity index (χ3n) is 3.05. The summed E-state index contributed by atoms with van der Waals surface area (Å²) in [5, 5.41) is 8.91. The second-order valence-corrected chi connectivity index (χ2v) is 4.86. The molecule has 0 heterocycles. The molecule has 0 rings (SSSR count). The summed E-state index contributed by atoms with van der Waals surface area (Å²) in [4.78, 5) is 39.1. The van der Waals surface area contributed by atoms with Crippen LogP contribution in [0.1, 0.15) is 20.8 Å². The second kappa shape index (κ2) is 8.39. The molecule has 116 valence electrons. The summed E-state index contributed by atoms with van der Waals surface area (Å²) in [6.07, 6.45) is 0. The molecule has 0 aliphatic rings. The van der Waals surface area contributed by atoms with Gasteiger partial charge in [0.2, 0.25) is 5.91 Å². The molecule has 0 fully saturated rings. The second-order valence-electron chi connectivity index (χ2n) is 4.86. The van der Waals surface area contributed by atoms with Crippen molar-refractivity contribution in [3.63, 3.8) is 0 Å². The van der Waals surface area contributed by atoms with E-state index in [-0.39, 0.29) is 25.0 Å². The van der Waals surface area contributed by atoms with Crippen LogP contribution in [0.5, 0.6) is 0 Å². The zero-order chi connectivity index (χ0) is 15.9. The van der Waals surface area contributed by atoms with Gasteiger partial charge >= 0.3 is 12.0 Å². The van der Waals surface area contributed by atoms with E-state index in [1.165, 1.54) is 14.7 Å². The number of carboxylic acids is 1. The molecule has 0 bridgehead atoms. The number of likely N-dealkylation sites (N-methyl/N-ethyl adjacent to an activating group) is 2. The number of rotatable bonds is 7. The van der Waals surface area contributed by atoms with E-state index in [9.17, 15) is 14.4 Å². The van der Waals surface area contributed by atoms with Crippen LogP contribution < -0.4 is 0 Å². The largest absolute Gasteiger partial charge is 0.481 e. The number of hydrogen-bond donors (Lipinski definition) is 1. The molecule has 0 saturated carbocycles. The number of carboxylic acid groups (broad SMARTS) is 1. The van der Waals surface area contributed by atoms with Gasteiger partial charge < -0.3 is 19.8 Å². The van der Waals surface area contributed by atoms with Gasteiger partial charge in [0.1, 0.15) is 6.54 Å². The van der Waals surface area contributed by atoms with Gasteiger partial charge in [-0.15, -0.1) is 0 Å². The van der Waals surface area contributed by atoms with Crippen molar-refractivity contribution < 1.29 is 19.5 Å². The SMILES string of the molecule is CCN(CC(=O)N(C)C)C(=O)N(CC)CC(C)C(=O)O. The Morgan fingerprint density at radius 2 is 1.55 bits per heavy atom. The van der Waals surface area contributed by atoms with Crippen molar-refractivity contribution >= 4 is 17.9 Å². The first-order chi connectivity index (χ1) is 9.24. The fraction of sp³-hybridized carbons (Fsp3) is 0.769. The van der Waals surface area contributed by atoms with Gasteiger partial charge in [0, 0.05) is 33.7 Å². The van der Waals surface area contributed by atoms with Crippen LogP contribution in [-0.2, 0) is 9.59 Å². The van der Waals surface area contributed by atoms with Crippen LogP contribution in [0.3, 0.4) is 0 Å². The van der Waals surface area contributed by atoms with Gasteiger partial charge in [0.25, 0.3) is 0 Å². The number of carbonyl (C=O) groups is 3. The molecule has 0 aromatic heterocycles. The third kappa shape index (κ3) is 5.46. The summed E-state index contributed by atoms with van der Waals surface area (Å²) in [6.45, 7) is 6.07. The third-order valence-corrected chi connectivity index (χ3v) is 3.05. The van der Waals surface area contributed by atoms with Crippen molar-refractivity contribution in [1.82, 2.24) is 14.7 Å². The lowest BCUT2D eigenvalue weighted by atomic mass is 10.2. The molecule has 0 spiro atoms. The Morgan fingerprint density at radius 1 is 1.05 bits per heavy atom. The lowest BCUT2D eigenvalue weighted by Crippen LogP contribution is -2.48. The van der Waals surface area contributed by atoms with Crippen molar-refractivity contribution in [2.75, 3.05) is 40.3 Å². The van der Waals surface area contributed by atoms with Gasteiger partial charge in [0.15, 0.2) is 0 Å². The molecule has 7 nitrogen and oxygen atoms in total. The zero-order valence-corrected chi connectivity index (χ0v) is 12.9. The first kappa shape index (κ1) is 18.2. The van der Waals surface area contributed by atoms with Gasteiger partial charge in [-0.3, -0.25) is 9.59 Å². The molecule has 0 aromatic rings. The Hall–Kier alpha value is -1.79. The monoisotopic (exact) mass is 287 g/mol. The quantitative estimate of drug-likeness (QED) is 0.742. The van der Waals surface area contributed by atoms with Crippen LogP contribution >= 0.6 is 0 Å². The van der Waals surface area contributed by atoms with E-state index in [0.717, 1.165) is 0 Å². The highest BCUT2D eigenvalue weighted by Crippen LogP contribution is 2.05. The van der Waals surface area contributed by atoms with Crippen LogP contribution in [-0.4, -0.2) is 78.0 Å². The Bertz CT molecular complexity index is 358. The van der Waals surface area contributed by atoms with Crippen LogP contribution in [0.2, 0.25) is 0 Å². The lowest BCUT2D eigenvalue weighted by molar-refractivity contribution is -0.141. The standard InChI is InChI=1S/C13H25N3O4/c1-6-15(8-10(3)12(18)19)13(20)16(7-2)9-11(17)14(4)5/h10H,6-9H2,1-5H3,(H,18,19). The van der Waals surface area contributed by atoms with Gasteiger partial charge in [-0.25, -0.2) is 4.79 Å². The molecule has 1 N–H and O–H groups in total. The smallest absolute Gasteiger partial charge is 0.320 e. The van der Waals surface area contributed by atoms with Gasteiger partial charge in [-0.2, -0.15) is 0 Å². The molecule has 0 saturated heterocycles. The number of urea groups is 1. The van der Waals surface area contributed by atoms with E-state index in [1.54, 1.807) is 34.9 Å². The number of nitrogens with zero attached hydrogens (tertiary/aromatic N) is 3. The molecular weight excluding hydrogens is 262 g/mol. The summed E-state index contributed by atoms with van der Waals surface area (Å²) < 4.78 is 0. The van der Waals surface area contributed by atoms with Crippen LogP contribution in [0.25, 0.3) is 0 Å². The maximum atomic E-state index is 12.3. The van der Waals surface area contributed by atoms with Crippen molar-refractivity contribution in [2.45, 2.75) is 20.8 Å². The molecule has 1 atom stereocenters.